The summed E-state index contributed by atoms with van der Waals surface area (Å²) in [5.41, 5.74) is 1.77. The Balaban J connectivity index is 1.99. The largest absolute Gasteiger partial charge is 0.460 e. The second-order valence-electron chi connectivity index (χ2n) is 5.92. The molecule has 0 aromatic heterocycles. The quantitative estimate of drug-likeness (QED) is 0.371. The van der Waals surface area contributed by atoms with Crippen molar-refractivity contribution in [3.8, 4) is 0 Å². The van der Waals surface area contributed by atoms with E-state index in [1.807, 2.05) is 18.2 Å². The van der Waals surface area contributed by atoms with Gasteiger partial charge in [0.25, 0.3) is 0 Å². The van der Waals surface area contributed by atoms with E-state index in [0.717, 1.165) is 25.0 Å². The van der Waals surface area contributed by atoms with Crippen LogP contribution in [0.2, 0.25) is 0 Å². The first-order valence-electron chi connectivity index (χ1n) is 9.11. The molecule has 1 rings (SSSR count). The van der Waals surface area contributed by atoms with E-state index in [2.05, 4.69) is 13.8 Å². The lowest BCUT2D eigenvalue weighted by Crippen LogP contribution is -2.11. The zero-order chi connectivity index (χ0) is 16.8. The van der Waals surface area contributed by atoms with Crippen molar-refractivity contribution in [3.05, 3.63) is 35.4 Å². The molecule has 23 heavy (non-hydrogen) atoms. The lowest BCUT2D eigenvalue weighted by Gasteiger charge is -2.07. The van der Waals surface area contributed by atoms with Gasteiger partial charge in [-0.25, -0.2) is 4.79 Å². The molecule has 0 saturated heterocycles. The number of ether oxygens (including phenoxy) is 2. The van der Waals surface area contributed by atoms with E-state index >= 15 is 0 Å². The number of hydrogen-bond acceptors (Lipinski definition) is 3. The molecule has 0 saturated carbocycles. The Morgan fingerprint density at radius 2 is 1.65 bits per heavy atom. The topological polar surface area (TPSA) is 35.5 Å². The number of esters is 1. The van der Waals surface area contributed by atoms with Gasteiger partial charge in [0.15, 0.2) is 0 Å². The number of aryl methyl sites for hydroxylation is 1. The van der Waals surface area contributed by atoms with Gasteiger partial charge in [0.05, 0.1) is 12.2 Å². The summed E-state index contributed by atoms with van der Waals surface area (Å²) < 4.78 is 10.8. The SMILES string of the molecule is CCCCCCCCCOCCOC(=O)c1cccc(CC)c1. The van der Waals surface area contributed by atoms with Crippen LogP contribution in [-0.2, 0) is 15.9 Å². The maximum Gasteiger partial charge on any atom is 0.338 e. The highest BCUT2D eigenvalue weighted by atomic mass is 16.6. The maximum atomic E-state index is 11.9. The molecule has 0 radical (unpaired) electrons. The highest BCUT2D eigenvalue weighted by Gasteiger charge is 2.06. The van der Waals surface area contributed by atoms with Gasteiger partial charge < -0.3 is 9.47 Å². The monoisotopic (exact) mass is 320 g/mol. The summed E-state index contributed by atoms with van der Waals surface area (Å²) in [6, 6.07) is 7.59. The van der Waals surface area contributed by atoms with Gasteiger partial charge in [-0.3, -0.25) is 0 Å². The molecule has 0 heterocycles. The predicted molar refractivity (Wildman–Crippen MR) is 94.9 cm³/mol. The fraction of sp³-hybridized carbons (Fsp3) is 0.650. The van der Waals surface area contributed by atoms with Crippen LogP contribution in [0.25, 0.3) is 0 Å². The molecule has 0 aliphatic carbocycles. The van der Waals surface area contributed by atoms with Gasteiger partial charge in [-0.05, 0) is 30.5 Å². The van der Waals surface area contributed by atoms with E-state index in [1.165, 1.54) is 38.5 Å². The molecule has 0 aliphatic heterocycles. The zero-order valence-corrected chi connectivity index (χ0v) is 14.8. The molecule has 0 atom stereocenters. The normalized spacial score (nSPS) is 10.7. The molecular formula is C20H32O3. The van der Waals surface area contributed by atoms with Gasteiger partial charge in [0.2, 0.25) is 0 Å². The molecule has 0 unspecified atom stereocenters. The van der Waals surface area contributed by atoms with E-state index in [4.69, 9.17) is 9.47 Å². The minimum Gasteiger partial charge on any atom is -0.460 e. The molecule has 3 nitrogen and oxygen atoms in total. The summed E-state index contributed by atoms with van der Waals surface area (Å²) in [5.74, 6) is -0.264. The highest BCUT2D eigenvalue weighted by Crippen LogP contribution is 2.08. The third-order valence-electron chi connectivity index (χ3n) is 3.92. The molecule has 130 valence electrons. The summed E-state index contributed by atoms with van der Waals surface area (Å²) in [6.07, 6.45) is 9.88. The Morgan fingerprint density at radius 1 is 0.913 bits per heavy atom. The number of carbonyl (C=O) groups is 1. The number of carbonyl (C=O) groups excluding carboxylic acids is 1. The smallest absolute Gasteiger partial charge is 0.338 e. The van der Waals surface area contributed by atoms with E-state index in [1.54, 1.807) is 6.07 Å². The van der Waals surface area contributed by atoms with Gasteiger partial charge in [-0.2, -0.15) is 0 Å². The first kappa shape index (κ1) is 19.7. The molecule has 0 spiro atoms. The Morgan fingerprint density at radius 3 is 2.39 bits per heavy atom. The van der Waals surface area contributed by atoms with Crippen LogP contribution in [0, 0.1) is 0 Å². The van der Waals surface area contributed by atoms with Crippen molar-refractivity contribution in [2.24, 2.45) is 0 Å². The van der Waals surface area contributed by atoms with E-state index in [9.17, 15) is 4.79 Å². The van der Waals surface area contributed by atoms with E-state index < -0.39 is 0 Å². The minimum atomic E-state index is -0.264. The average Bonchev–Trinajstić information content (AvgIpc) is 2.59. The molecule has 1 aromatic rings. The fourth-order valence-corrected chi connectivity index (χ4v) is 2.46. The van der Waals surface area contributed by atoms with Crippen molar-refractivity contribution in [2.45, 2.75) is 65.2 Å². The maximum absolute atomic E-state index is 11.9. The summed E-state index contributed by atoms with van der Waals surface area (Å²) >= 11 is 0. The highest BCUT2D eigenvalue weighted by molar-refractivity contribution is 5.89. The van der Waals surface area contributed by atoms with Crippen molar-refractivity contribution >= 4 is 5.97 Å². The minimum absolute atomic E-state index is 0.264. The van der Waals surface area contributed by atoms with Crippen LogP contribution >= 0.6 is 0 Å². The average molecular weight is 320 g/mol. The van der Waals surface area contributed by atoms with Crippen molar-refractivity contribution in [1.82, 2.24) is 0 Å². The van der Waals surface area contributed by atoms with E-state index in [-0.39, 0.29) is 5.97 Å². The predicted octanol–water partition coefficient (Wildman–Crippen LogP) is 5.17. The first-order chi connectivity index (χ1) is 11.3. The standard InChI is InChI=1S/C20H32O3/c1-3-5-6-7-8-9-10-14-22-15-16-23-20(21)19-13-11-12-18(4-2)17-19/h11-13,17H,3-10,14-16H2,1-2H3. The Kier molecular flexibility index (Phi) is 11.2. The van der Waals surface area contributed by atoms with Crippen LogP contribution in [-0.4, -0.2) is 25.8 Å². The van der Waals surface area contributed by atoms with Crippen molar-refractivity contribution < 1.29 is 14.3 Å². The Bertz CT molecular complexity index is 429. The summed E-state index contributed by atoms with van der Waals surface area (Å²) in [6.45, 7) is 5.88. The van der Waals surface area contributed by atoms with Crippen molar-refractivity contribution in [1.29, 1.82) is 0 Å². The van der Waals surface area contributed by atoms with Crippen LogP contribution in [0.5, 0.6) is 0 Å². The van der Waals surface area contributed by atoms with Gasteiger partial charge >= 0.3 is 5.97 Å². The van der Waals surface area contributed by atoms with Crippen LogP contribution in [0.15, 0.2) is 24.3 Å². The molecular weight excluding hydrogens is 288 g/mol. The third-order valence-corrected chi connectivity index (χ3v) is 3.92. The van der Waals surface area contributed by atoms with Crippen LogP contribution in [0.4, 0.5) is 0 Å². The first-order valence-corrected chi connectivity index (χ1v) is 9.11. The molecule has 3 heteroatoms. The second kappa shape index (κ2) is 13.1. The molecule has 1 aromatic carbocycles. The summed E-state index contributed by atoms with van der Waals surface area (Å²) in [5, 5.41) is 0. The van der Waals surface area contributed by atoms with Crippen molar-refractivity contribution in [3.63, 3.8) is 0 Å². The number of benzene rings is 1. The lowest BCUT2D eigenvalue weighted by atomic mass is 10.1. The van der Waals surface area contributed by atoms with Gasteiger partial charge in [-0.1, -0.05) is 64.5 Å². The van der Waals surface area contributed by atoms with Crippen LogP contribution in [0.3, 0.4) is 0 Å². The molecule has 0 bridgehead atoms. The molecule has 0 amide bonds. The molecule has 0 aliphatic rings. The van der Waals surface area contributed by atoms with Crippen LogP contribution in [0.1, 0.15) is 74.7 Å². The fourth-order valence-electron chi connectivity index (χ4n) is 2.46. The van der Waals surface area contributed by atoms with Gasteiger partial charge in [0, 0.05) is 6.61 Å². The zero-order valence-electron chi connectivity index (χ0n) is 14.8. The molecule has 0 N–H and O–H groups in total. The number of hydrogen-bond donors (Lipinski definition) is 0. The number of rotatable bonds is 13. The summed E-state index contributed by atoms with van der Waals surface area (Å²) in [7, 11) is 0. The van der Waals surface area contributed by atoms with E-state index in [0.29, 0.717) is 18.8 Å². The van der Waals surface area contributed by atoms with Crippen LogP contribution < -0.4 is 0 Å². The lowest BCUT2D eigenvalue weighted by molar-refractivity contribution is 0.0312. The second-order valence-corrected chi connectivity index (χ2v) is 5.92. The molecule has 0 fully saturated rings. The number of unbranched alkanes of at least 4 members (excludes halogenated alkanes) is 6. The van der Waals surface area contributed by atoms with Gasteiger partial charge in [-0.15, -0.1) is 0 Å². The summed E-state index contributed by atoms with van der Waals surface area (Å²) in [4.78, 5) is 11.9. The van der Waals surface area contributed by atoms with Gasteiger partial charge in [0.1, 0.15) is 6.61 Å². The van der Waals surface area contributed by atoms with Crippen molar-refractivity contribution in [2.75, 3.05) is 19.8 Å². The Labute approximate surface area is 141 Å². The Hall–Kier alpha value is -1.35. The third kappa shape index (κ3) is 9.39.